The lowest BCUT2D eigenvalue weighted by Crippen LogP contribution is -1.82. The van der Waals surface area contributed by atoms with Gasteiger partial charge in [0.15, 0.2) is 10.0 Å². The van der Waals surface area contributed by atoms with Crippen LogP contribution in [0.15, 0.2) is 5.16 Å². The highest BCUT2D eigenvalue weighted by atomic mass is 127. The zero-order valence-electron chi connectivity index (χ0n) is 2.76. The minimum absolute atomic E-state index is 0.0626. The summed E-state index contributed by atoms with van der Waals surface area (Å²) in [6.45, 7) is 0. The van der Waals surface area contributed by atoms with Gasteiger partial charge in [-0.2, -0.15) is 0 Å². The normalized spacial score (nSPS) is 11.2. The van der Waals surface area contributed by atoms with E-state index >= 15 is 0 Å². The topological polar surface area (TPSA) is 49.7 Å². The first-order valence-electron chi connectivity index (χ1n) is 1.14. The summed E-state index contributed by atoms with van der Waals surface area (Å²) in [6, 6.07) is 0. The van der Waals surface area contributed by atoms with Gasteiger partial charge in [-0.1, -0.05) is 5.16 Å². The zero-order chi connectivity index (χ0) is 4.99. The van der Waals surface area contributed by atoms with E-state index in [0.29, 0.717) is 6.29 Å². The van der Waals surface area contributed by atoms with Gasteiger partial charge in [0.1, 0.15) is 0 Å². The second-order valence-corrected chi connectivity index (χ2v) is 1.65. The number of hydrogen-bond donors (Lipinski definition) is 1. The van der Waals surface area contributed by atoms with E-state index in [2.05, 4.69) is 5.16 Å². The molecule has 0 aromatic rings. The minimum atomic E-state index is 0.0626. The summed E-state index contributed by atoms with van der Waals surface area (Å²) in [5.74, 6) is 0. The van der Waals surface area contributed by atoms with Crippen molar-refractivity contribution in [1.29, 1.82) is 0 Å². The predicted molar refractivity (Wildman–Crippen MR) is 29.3 cm³/mol. The Morgan fingerprint density at radius 2 is 2.50 bits per heavy atom. The summed E-state index contributed by atoms with van der Waals surface area (Å²) in [5.41, 5.74) is 0. The maximum Gasteiger partial charge on any atom is 0.179 e. The molecule has 3 nitrogen and oxygen atoms in total. The smallest absolute Gasteiger partial charge is 0.179 e. The van der Waals surface area contributed by atoms with Crippen LogP contribution in [0.1, 0.15) is 0 Å². The van der Waals surface area contributed by atoms with Crippen LogP contribution in [0, 0.1) is 0 Å². The van der Waals surface area contributed by atoms with E-state index < -0.39 is 0 Å². The van der Waals surface area contributed by atoms with Crippen LogP contribution in [0.3, 0.4) is 0 Å². The molecule has 0 aliphatic carbocycles. The fraction of sp³-hybridized carbons (Fsp3) is 0. The van der Waals surface area contributed by atoms with Crippen LogP contribution < -0.4 is 0 Å². The molecule has 0 heterocycles. The molecule has 0 fully saturated rings. The molecule has 0 rings (SSSR count). The number of halogens is 1. The van der Waals surface area contributed by atoms with Crippen molar-refractivity contribution in [2.45, 2.75) is 0 Å². The molecule has 0 saturated carbocycles. The molecule has 0 saturated heterocycles. The molecule has 34 valence electrons. The number of carbonyl (C=O) groups excluding carboxylic acids is 1. The van der Waals surface area contributed by atoms with Crippen molar-refractivity contribution >= 4 is 32.6 Å². The maximum absolute atomic E-state index is 9.44. The molecule has 0 aromatic carbocycles. The number of rotatable bonds is 1. The number of oxime groups is 1. The Bertz CT molecular complexity index is 79.6. The predicted octanol–water partition coefficient (Wildman–Crippen LogP) is 0.408. The molecular formula is C2H2INO2. The maximum atomic E-state index is 9.44. The van der Waals surface area contributed by atoms with E-state index in [1.165, 1.54) is 0 Å². The van der Waals surface area contributed by atoms with Crippen LogP contribution in [0.4, 0.5) is 0 Å². The van der Waals surface area contributed by atoms with Crippen LogP contribution >= 0.6 is 22.6 Å². The third-order valence-corrected chi connectivity index (χ3v) is 0.663. The van der Waals surface area contributed by atoms with E-state index in [0.717, 1.165) is 0 Å². The van der Waals surface area contributed by atoms with E-state index in [-0.39, 0.29) is 3.72 Å². The van der Waals surface area contributed by atoms with E-state index in [1.54, 1.807) is 22.6 Å². The Kier molecular flexibility index (Phi) is 3.01. The molecule has 0 aliphatic rings. The molecule has 0 spiro atoms. The quantitative estimate of drug-likeness (QED) is 0.218. The molecular weight excluding hydrogens is 197 g/mol. The van der Waals surface area contributed by atoms with Crippen LogP contribution in [-0.4, -0.2) is 15.2 Å². The first kappa shape index (κ1) is 5.87. The Morgan fingerprint density at radius 3 is 2.50 bits per heavy atom. The third-order valence-electron chi connectivity index (χ3n) is 0.193. The van der Waals surface area contributed by atoms with E-state index in [4.69, 9.17) is 5.21 Å². The van der Waals surface area contributed by atoms with Crippen molar-refractivity contribution in [1.82, 2.24) is 0 Å². The van der Waals surface area contributed by atoms with Crippen LogP contribution in [0.2, 0.25) is 0 Å². The zero-order valence-corrected chi connectivity index (χ0v) is 4.92. The summed E-state index contributed by atoms with van der Waals surface area (Å²) >= 11 is 1.60. The Hall–Kier alpha value is -0.130. The molecule has 0 bridgehead atoms. The first-order chi connectivity index (χ1) is 2.81. The van der Waals surface area contributed by atoms with Crippen molar-refractivity contribution in [3.8, 4) is 0 Å². The van der Waals surface area contributed by atoms with Gasteiger partial charge in [0.2, 0.25) is 0 Å². The SMILES string of the molecule is O=C/C(I)=N\O. The largest absolute Gasteiger partial charge is 0.410 e. The van der Waals surface area contributed by atoms with Gasteiger partial charge in [-0.15, -0.1) is 0 Å². The number of carbonyl (C=O) groups is 1. The molecule has 0 atom stereocenters. The highest BCUT2D eigenvalue weighted by molar-refractivity contribution is 14.1. The monoisotopic (exact) mass is 199 g/mol. The fourth-order valence-electron chi connectivity index (χ4n) is 0.0236. The second-order valence-electron chi connectivity index (χ2n) is 0.541. The highest BCUT2D eigenvalue weighted by Crippen LogP contribution is 1.80. The molecule has 0 aromatic heterocycles. The fourth-order valence-corrected chi connectivity index (χ4v) is 0.0236. The summed E-state index contributed by atoms with van der Waals surface area (Å²) in [4.78, 5) is 9.44. The van der Waals surface area contributed by atoms with Gasteiger partial charge in [-0.3, -0.25) is 4.79 Å². The summed E-state index contributed by atoms with van der Waals surface area (Å²) in [7, 11) is 0. The van der Waals surface area contributed by atoms with Crippen LogP contribution in [0.25, 0.3) is 0 Å². The first-order valence-corrected chi connectivity index (χ1v) is 2.22. The van der Waals surface area contributed by atoms with Crippen molar-refractivity contribution in [3.63, 3.8) is 0 Å². The lowest BCUT2D eigenvalue weighted by Gasteiger charge is -1.69. The van der Waals surface area contributed by atoms with Gasteiger partial charge in [0, 0.05) is 0 Å². The molecule has 0 unspecified atom stereocenters. The number of aldehydes is 1. The summed E-state index contributed by atoms with van der Waals surface area (Å²) in [5, 5.41) is 10.2. The molecule has 6 heavy (non-hydrogen) atoms. The average Bonchev–Trinajstić information content (AvgIpc) is 1.65. The van der Waals surface area contributed by atoms with Crippen molar-refractivity contribution in [3.05, 3.63) is 0 Å². The van der Waals surface area contributed by atoms with Crippen LogP contribution in [-0.2, 0) is 4.79 Å². The lowest BCUT2D eigenvalue weighted by molar-refractivity contribution is -0.102. The van der Waals surface area contributed by atoms with E-state index in [9.17, 15) is 4.79 Å². The standard InChI is InChI=1S/C2H2INO2/c3-2(1-5)4-6/h1,6H/b4-2+. The molecule has 4 heteroatoms. The van der Waals surface area contributed by atoms with Crippen molar-refractivity contribution < 1.29 is 10.0 Å². The van der Waals surface area contributed by atoms with Gasteiger partial charge in [-0.05, 0) is 22.6 Å². The summed E-state index contributed by atoms with van der Waals surface area (Å²) in [6.07, 6.45) is 0.459. The molecule has 1 N–H and O–H groups in total. The molecule has 0 amide bonds. The van der Waals surface area contributed by atoms with Gasteiger partial charge in [0.25, 0.3) is 0 Å². The number of nitrogens with zero attached hydrogens (tertiary/aromatic N) is 1. The molecule has 0 aliphatic heterocycles. The van der Waals surface area contributed by atoms with Crippen molar-refractivity contribution in [2.75, 3.05) is 0 Å². The molecule has 0 radical (unpaired) electrons. The Morgan fingerprint density at radius 1 is 2.00 bits per heavy atom. The van der Waals surface area contributed by atoms with Gasteiger partial charge >= 0.3 is 0 Å². The minimum Gasteiger partial charge on any atom is -0.410 e. The van der Waals surface area contributed by atoms with Gasteiger partial charge in [-0.25, -0.2) is 0 Å². The van der Waals surface area contributed by atoms with E-state index in [1.807, 2.05) is 0 Å². The van der Waals surface area contributed by atoms with Crippen LogP contribution in [0.5, 0.6) is 0 Å². The summed E-state index contributed by atoms with van der Waals surface area (Å²) < 4.78 is 0.0626. The average molecular weight is 199 g/mol. The second kappa shape index (κ2) is 3.08. The number of hydrogen-bond acceptors (Lipinski definition) is 3. The third kappa shape index (κ3) is 2.13. The Labute approximate surface area is 48.2 Å². The van der Waals surface area contributed by atoms with Gasteiger partial charge < -0.3 is 5.21 Å². The Balaban J connectivity index is 3.50. The van der Waals surface area contributed by atoms with Crippen molar-refractivity contribution in [2.24, 2.45) is 5.16 Å². The van der Waals surface area contributed by atoms with Gasteiger partial charge in [0.05, 0.1) is 0 Å². The lowest BCUT2D eigenvalue weighted by atomic mass is 10.9. The highest BCUT2D eigenvalue weighted by Gasteiger charge is 1.80.